The summed E-state index contributed by atoms with van der Waals surface area (Å²) in [5.41, 5.74) is 0. The molecule has 0 radical (unpaired) electrons. The second-order valence-corrected chi connectivity index (χ2v) is 6.17. The van der Waals surface area contributed by atoms with Crippen LogP contribution in [0.2, 0.25) is 0 Å². The molecular weight excluding hydrogens is 292 g/mol. The second kappa shape index (κ2) is 7.53. The SMILES string of the molecule is COCCN1CC(CNC(=O)c2ccc(C)s2)OCC1=O. The monoisotopic (exact) mass is 312 g/mol. The summed E-state index contributed by atoms with van der Waals surface area (Å²) in [4.78, 5) is 27.1. The van der Waals surface area contributed by atoms with E-state index in [9.17, 15) is 9.59 Å². The summed E-state index contributed by atoms with van der Waals surface area (Å²) in [5, 5.41) is 2.85. The van der Waals surface area contributed by atoms with Crippen LogP contribution in [0.5, 0.6) is 0 Å². The van der Waals surface area contributed by atoms with Crippen LogP contribution < -0.4 is 5.32 Å². The van der Waals surface area contributed by atoms with Crippen LogP contribution in [0.3, 0.4) is 0 Å². The second-order valence-electron chi connectivity index (χ2n) is 4.89. The van der Waals surface area contributed by atoms with Gasteiger partial charge in [-0.25, -0.2) is 0 Å². The van der Waals surface area contributed by atoms with E-state index in [-0.39, 0.29) is 24.5 Å². The Morgan fingerprint density at radius 2 is 2.38 bits per heavy atom. The van der Waals surface area contributed by atoms with E-state index >= 15 is 0 Å². The lowest BCUT2D eigenvalue weighted by atomic mass is 10.2. The molecule has 6 nitrogen and oxygen atoms in total. The molecule has 1 aromatic rings. The third-order valence-corrected chi connectivity index (χ3v) is 4.24. The van der Waals surface area contributed by atoms with Gasteiger partial charge >= 0.3 is 0 Å². The Balaban J connectivity index is 1.80. The number of nitrogens with zero attached hydrogens (tertiary/aromatic N) is 1. The predicted octanol–water partition coefficient (Wildman–Crippen LogP) is 0.660. The van der Waals surface area contributed by atoms with Gasteiger partial charge in [0.15, 0.2) is 0 Å². The molecule has 1 saturated heterocycles. The van der Waals surface area contributed by atoms with Crippen molar-refractivity contribution in [3.05, 3.63) is 21.9 Å². The van der Waals surface area contributed by atoms with E-state index in [4.69, 9.17) is 9.47 Å². The van der Waals surface area contributed by atoms with Crippen molar-refractivity contribution in [1.82, 2.24) is 10.2 Å². The Labute approximate surface area is 128 Å². The Morgan fingerprint density at radius 3 is 3.05 bits per heavy atom. The van der Waals surface area contributed by atoms with E-state index in [1.165, 1.54) is 11.3 Å². The van der Waals surface area contributed by atoms with Crippen LogP contribution in [0.25, 0.3) is 0 Å². The Kier molecular flexibility index (Phi) is 5.72. The molecular formula is C14H20N2O4S. The van der Waals surface area contributed by atoms with Crippen LogP contribution in [0.1, 0.15) is 14.5 Å². The van der Waals surface area contributed by atoms with Gasteiger partial charge in [0.25, 0.3) is 5.91 Å². The van der Waals surface area contributed by atoms with Crippen molar-refractivity contribution in [2.45, 2.75) is 13.0 Å². The van der Waals surface area contributed by atoms with Crippen LogP contribution in [0.15, 0.2) is 12.1 Å². The predicted molar refractivity (Wildman–Crippen MR) is 79.6 cm³/mol. The van der Waals surface area contributed by atoms with Gasteiger partial charge in [-0.1, -0.05) is 0 Å². The molecule has 7 heteroatoms. The van der Waals surface area contributed by atoms with E-state index in [0.29, 0.717) is 31.1 Å². The zero-order valence-corrected chi connectivity index (χ0v) is 13.1. The molecule has 2 amide bonds. The van der Waals surface area contributed by atoms with E-state index in [1.54, 1.807) is 12.0 Å². The van der Waals surface area contributed by atoms with Crippen molar-refractivity contribution >= 4 is 23.2 Å². The minimum atomic E-state index is -0.176. The molecule has 1 fully saturated rings. The molecule has 2 heterocycles. The van der Waals surface area contributed by atoms with Gasteiger partial charge in [0.2, 0.25) is 5.91 Å². The van der Waals surface area contributed by atoms with Crippen molar-refractivity contribution in [3.63, 3.8) is 0 Å². The first-order valence-corrected chi connectivity index (χ1v) is 7.64. The van der Waals surface area contributed by atoms with Gasteiger partial charge in [-0.2, -0.15) is 0 Å². The van der Waals surface area contributed by atoms with E-state index in [2.05, 4.69) is 5.32 Å². The quantitative estimate of drug-likeness (QED) is 0.838. The van der Waals surface area contributed by atoms with Gasteiger partial charge in [0, 0.05) is 31.6 Å². The first kappa shape index (κ1) is 15.9. The molecule has 21 heavy (non-hydrogen) atoms. The molecule has 1 atom stereocenters. The Morgan fingerprint density at radius 1 is 1.57 bits per heavy atom. The summed E-state index contributed by atoms with van der Waals surface area (Å²) < 4.78 is 10.4. The number of carbonyl (C=O) groups is 2. The molecule has 0 aliphatic carbocycles. The van der Waals surface area contributed by atoms with Crippen LogP contribution in [-0.4, -0.2) is 62.8 Å². The summed E-state index contributed by atoms with van der Waals surface area (Å²) in [6.07, 6.45) is -0.176. The maximum Gasteiger partial charge on any atom is 0.261 e. The maximum atomic E-state index is 12.0. The van der Waals surface area contributed by atoms with E-state index < -0.39 is 0 Å². The van der Waals surface area contributed by atoms with E-state index in [1.807, 2.05) is 19.1 Å². The maximum absolute atomic E-state index is 12.0. The summed E-state index contributed by atoms with van der Waals surface area (Å²) in [6, 6.07) is 3.73. The van der Waals surface area contributed by atoms with Crippen molar-refractivity contribution in [2.75, 3.05) is 40.0 Å². The number of amides is 2. The fourth-order valence-electron chi connectivity index (χ4n) is 2.07. The lowest BCUT2D eigenvalue weighted by Gasteiger charge is -2.32. The molecule has 1 aliphatic heterocycles. The minimum absolute atomic E-state index is 0.0384. The van der Waals surface area contributed by atoms with Crippen LogP contribution in [-0.2, 0) is 14.3 Å². The molecule has 0 aromatic carbocycles. The highest BCUT2D eigenvalue weighted by atomic mass is 32.1. The van der Waals surface area contributed by atoms with Gasteiger partial charge in [0.1, 0.15) is 6.61 Å². The number of morpholine rings is 1. The smallest absolute Gasteiger partial charge is 0.261 e. The van der Waals surface area contributed by atoms with Gasteiger partial charge in [-0.3, -0.25) is 9.59 Å². The number of methoxy groups -OCH3 is 1. The molecule has 1 aromatic heterocycles. The summed E-state index contributed by atoms with van der Waals surface area (Å²) in [6.45, 7) is 3.94. The van der Waals surface area contributed by atoms with Gasteiger partial charge in [0.05, 0.1) is 17.6 Å². The number of ether oxygens (including phenoxy) is 2. The zero-order valence-electron chi connectivity index (χ0n) is 12.3. The number of nitrogens with one attached hydrogen (secondary N) is 1. The molecule has 1 aliphatic rings. The van der Waals surface area contributed by atoms with Gasteiger partial charge < -0.3 is 19.7 Å². The number of thiophene rings is 1. The molecule has 2 rings (SSSR count). The Hall–Kier alpha value is -1.44. The average molecular weight is 312 g/mol. The zero-order chi connectivity index (χ0) is 15.2. The third kappa shape index (κ3) is 4.52. The topological polar surface area (TPSA) is 67.9 Å². The summed E-state index contributed by atoms with van der Waals surface area (Å²) in [7, 11) is 1.60. The van der Waals surface area contributed by atoms with Crippen molar-refractivity contribution in [3.8, 4) is 0 Å². The number of hydrogen-bond acceptors (Lipinski definition) is 5. The number of rotatable bonds is 6. The fraction of sp³-hybridized carbons (Fsp3) is 0.571. The largest absolute Gasteiger partial charge is 0.383 e. The van der Waals surface area contributed by atoms with Crippen molar-refractivity contribution in [1.29, 1.82) is 0 Å². The lowest BCUT2D eigenvalue weighted by Crippen LogP contribution is -2.51. The van der Waals surface area contributed by atoms with Crippen molar-refractivity contribution in [2.24, 2.45) is 0 Å². The number of carbonyl (C=O) groups excluding carboxylic acids is 2. The van der Waals surface area contributed by atoms with Crippen molar-refractivity contribution < 1.29 is 19.1 Å². The normalized spacial score (nSPS) is 18.9. The summed E-state index contributed by atoms with van der Waals surface area (Å²) in [5.74, 6) is -0.138. The number of hydrogen-bond donors (Lipinski definition) is 1. The van der Waals surface area contributed by atoms with Crippen LogP contribution in [0.4, 0.5) is 0 Å². The first-order chi connectivity index (χ1) is 10.1. The Bertz CT molecular complexity index is 503. The highest BCUT2D eigenvalue weighted by molar-refractivity contribution is 7.13. The van der Waals surface area contributed by atoms with Gasteiger partial charge in [-0.15, -0.1) is 11.3 Å². The van der Waals surface area contributed by atoms with Crippen LogP contribution in [0, 0.1) is 6.92 Å². The minimum Gasteiger partial charge on any atom is -0.383 e. The van der Waals surface area contributed by atoms with E-state index in [0.717, 1.165) is 4.88 Å². The number of aryl methyl sites for hydroxylation is 1. The molecule has 0 spiro atoms. The third-order valence-electron chi connectivity index (χ3n) is 3.24. The molecule has 0 saturated carbocycles. The van der Waals surface area contributed by atoms with Gasteiger partial charge in [-0.05, 0) is 19.1 Å². The molecule has 116 valence electrons. The first-order valence-electron chi connectivity index (χ1n) is 6.83. The average Bonchev–Trinajstić information content (AvgIpc) is 2.91. The molecule has 1 N–H and O–H groups in total. The van der Waals surface area contributed by atoms with Crippen LogP contribution >= 0.6 is 11.3 Å². The fourth-order valence-corrected chi connectivity index (χ4v) is 2.86. The molecule has 0 bridgehead atoms. The summed E-state index contributed by atoms with van der Waals surface area (Å²) >= 11 is 1.46. The lowest BCUT2D eigenvalue weighted by molar-refractivity contribution is -0.149. The molecule has 1 unspecified atom stereocenters. The standard InChI is InChI=1S/C14H20N2O4S/c1-10-3-4-12(21-10)14(18)15-7-11-8-16(5-6-19-2)13(17)9-20-11/h3-4,11H,5-9H2,1-2H3,(H,15,18). The highest BCUT2D eigenvalue weighted by Crippen LogP contribution is 2.14. The highest BCUT2D eigenvalue weighted by Gasteiger charge is 2.26.